The van der Waals surface area contributed by atoms with Gasteiger partial charge in [-0.15, -0.1) is 0 Å². The van der Waals surface area contributed by atoms with E-state index in [1.165, 1.54) is 0 Å². The molecule has 106 valence electrons. The van der Waals surface area contributed by atoms with Gasteiger partial charge in [0.15, 0.2) is 0 Å². The topological polar surface area (TPSA) is 81.2 Å². The molecule has 2 aliphatic heterocycles. The normalized spacial score (nSPS) is 21.5. The van der Waals surface area contributed by atoms with E-state index in [1.54, 1.807) is 0 Å². The van der Waals surface area contributed by atoms with Crippen molar-refractivity contribution in [3.8, 4) is 6.07 Å². The number of nitriles is 1. The molecule has 1 aromatic heterocycles. The molecule has 0 aromatic carbocycles. The maximum absolute atomic E-state index is 11.2. The summed E-state index contributed by atoms with van der Waals surface area (Å²) in [5.41, 5.74) is 2.40. The Morgan fingerprint density at radius 2 is 2.25 bits per heavy atom. The highest BCUT2D eigenvalue weighted by Crippen LogP contribution is 2.29. The van der Waals surface area contributed by atoms with Crippen LogP contribution >= 0.6 is 0 Å². The molecule has 0 unspecified atom stereocenters. The van der Waals surface area contributed by atoms with Crippen LogP contribution in [-0.2, 0) is 11.3 Å². The summed E-state index contributed by atoms with van der Waals surface area (Å²) in [6, 6.07) is 4.10. The largest absolute Gasteiger partial charge is 0.441 e. The fraction of sp³-hybridized carbons (Fsp3) is 0.571. The van der Waals surface area contributed by atoms with Gasteiger partial charge in [-0.3, -0.25) is 4.90 Å². The summed E-state index contributed by atoms with van der Waals surface area (Å²) >= 11 is 0. The standard InChI is InChI=1S/C14H18N4O2/c1-10-11(7-15)6-12(17-10)8-18-4-2-14(3-5-18)9-16-13(19)20-14/h6,17H,2-5,8-9H2,1H3,(H,16,19). The van der Waals surface area contributed by atoms with Crippen LogP contribution in [0, 0.1) is 18.3 Å². The van der Waals surface area contributed by atoms with Crippen LogP contribution in [0.4, 0.5) is 4.79 Å². The molecule has 3 rings (SSSR count). The monoisotopic (exact) mass is 274 g/mol. The van der Waals surface area contributed by atoms with E-state index in [9.17, 15) is 4.79 Å². The van der Waals surface area contributed by atoms with Gasteiger partial charge in [0.1, 0.15) is 11.7 Å². The molecule has 6 nitrogen and oxygen atoms in total. The number of nitrogens with zero attached hydrogens (tertiary/aromatic N) is 2. The van der Waals surface area contributed by atoms with Crippen molar-refractivity contribution < 1.29 is 9.53 Å². The van der Waals surface area contributed by atoms with Gasteiger partial charge in [0.25, 0.3) is 0 Å². The second-order valence-electron chi connectivity index (χ2n) is 5.65. The number of aryl methyl sites for hydroxylation is 1. The predicted molar refractivity (Wildman–Crippen MR) is 72.0 cm³/mol. The molecule has 2 N–H and O–H groups in total. The van der Waals surface area contributed by atoms with E-state index in [-0.39, 0.29) is 11.7 Å². The van der Waals surface area contributed by atoms with Crippen LogP contribution in [0.15, 0.2) is 6.07 Å². The van der Waals surface area contributed by atoms with Crippen LogP contribution in [0.25, 0.3) is 0 Å². The van der Waals surface area contributed by atoms with Gasteiger partial charge >= 0.3 is 6.09 Å². The molecular weight excluding hydrogens is 256 g/mol. The van der Waals surface area contributed by atoms with Gasteiger partial charge in [0, 0.05) is 43.9 Å². The number of carbonyl (C=O) groups is 1. The molecule has 2 saturated heterocycles. The van der Waals surface area contributed by atoms with Gasteiger partial charge in [-0.1, -0.05) is 0 Å². The quantitative estimate of drug-likeness (QED) is 0.851. The summed E-state index contributed by atoms with van der Waals surface area (Å²) in [5, 5.41) is 11.7. The molecule has 0 atom stereocenters. The zero-order valence-corrected chi connectivity index (χ0v) is 11.5. The molecule has 0 radical (unpaired) electrons. The molecule has 1 spiro atoms. The van der Waals surface area contributed by atoms with Crippen LogP contribution in [0.5, 0.6) is 0 Å². The molecule has 1 amide bonds. The Morgan fingerprint density at radius 3 is 2.80 bits per heavy atom. The maximum Gasteiger partial charge on any atom is 0.407 e. The highest BCUT2D eigenvalue weighted by atomic mass is 16.6. The Morgan fingerprint density at radius 1 is 1.50 bits per heavy atom. The Hall–Kier alpha value is -2.00. The Kier molecular flexibility index (Phi) is 3.14. The second kappa shape index (κ2) is 4.84. The van der Waals surface area contributed by atoms with E-state index in [2.05, 4.69) is 21.3 Å². The summed E-state index contributed by atoms with van der Waals surface area (Å²) in [7, 11) is 0. The third-order valence-corrected chi connectivity index (χ3v) is 4.22. The number of alkyl carbamates (subject to hydrolysis) is 1. The minimum Gasteiger partial charge on any atom is -0.441 e. The zero-order chi connectivity index (χ0) is 14.2. The first-order valence-corrected chi connectivity index (χ1v) is 6.88. The second-order valence-corrected chi connectivity index (χ2v) is 5.65. The molecule has 1 aromatic rings. The Balaban J connectivity index is 1.58. The van der Waals surface area contributed by atoms with Crippen molar-refractivity contribution in [1.82, 2.24) is 15.2 Å². The number of aromatic amines is 1. The first-order chi connectivity index (χ1) is 9.60. The van der Waals surface area contributed by atoms with Crippen molar-refractivity contribution in [2.75, 3.05) is 19.6 Å². The Labute approximate surface area is 117 Å². The van der Waals surface area contributed by atoms with Crippen LogP contribution in [0.1, 0.15) is 29.8 Å². The van der Waals surface area contributed by atoms with Crippen LogP contribution in [-0.4, -0.2) is 41.2 Å². The summed E-state index contributed by atoms with van der Waals surface area (Å²) in [6.07, 6.45) is 1.42. The first-order valence-electron chi connectivity index (χ1n) is 6.88. The summed E-state index contributed by atoms with van der Waals surface area (Å²) < 4.78 is 5.40. The van der Waals surface area contributed by atoms with Crippen molar-refractivity contribution in [2.24, 2.45) is 0 Å². The van der Waals surface area contributed by atoms with Crippen molar-refractivity contribution in [3.05, 3.63) is 23.0 Å². The lowest BCUT2D eigenvalue weighted by Crippen LogP contribution is -2.46. The SMILES string of the molecule is Cc1[nH]c(CN2CCC3(CC2)CNC(=O)O3)cc1C#N. The molecule has 6 heteroatoms. The predicted octanol–water partition coefficient (Wildman–Crippen LogP) is 1.27. The van der Waals surface area contributed by atoms with Crippen LogP contribution < -0.4 is 5.32 Å². The average Bonchev–Trinajstić information content (AvgIpc) is 2.96. The van der Waals surface area contributed by atoms with Crippen LogP contribution in [0.2, 0.25) is 0 Å². The number of aromatic nitrogens is 1. The molecule has 20 heavy (non-hydrogen) atoms. The van der Waals surface area contributed by atoms with Gasteiger partial charge in [-0.25, -0.2) is 4.79 Å². The number of hydrogen-bond acceptors (Lipinski definition) is 4. The molecule has 2 fully saturated rings. The number of carbonyl (C=O) groups excluding carboxylic acids is 1. The third-order valence-electron chi connectivity index (χ3n) is 4.22. The van der Waals surface area contributed by atoms with E-state index < -0.39 is 0 Å². The number of H-pyrrole nitrogens is 1. The molecule has 0 aliphatic carbocycles. The highest BCUT2D eigenvalue weighted by molar-refractivity contribution is 5.70. The number of ether oxygens (including phenoxy) is 1. The van der Waals surface area contributed by atoms with Gasteiger partial charge < -0.3 is 15.0 Å². The first kappa shape index (κ1) is 13.0. The smallest absolute Gasteiger partial charge is 0.407 e. The van der Waals surface area contributed by atoms with Gasteiger partial charge in [-0.2, -0.15) is 5.26 Å². The minimum absolute atomic E-state index is 0.294. The lowest BCUT2D eigenvalue weighted by molar-refractivity contribution is -0.00125. The van der Waals surface area contributed by atoms with E-state index >= 15 is 0 Å². The van der Waals surface area contributed by atoms with Crippen molar-refractivity contribution >= 4 is 6.09 Å². The maximum atomic E-state index is 11.2. The van der Waals surface area contributed by atoms with E-state index in [1.807, 2.05) is 13.0 Å². The Bertz CT molecular complexity index is 564. The number of rotatable bonds is 2. The minimum atomic E-state index is -0.295. The van der Waals surface area contributed by atoms with E-state index in [0.717, 1.165) is 43.9 Å². The molecule has 0 saturated carbocycles. The van der Waals surface area contributed by atoms with Gasteiger partial charge in [-0.05, 0) is 13.0 Å². The van der Waals surface area contributed by atoms with Crippen molar-refractivity contribution in [3.63, 3.8) is 0 Å². The van der Waals surface area contributed by atoms with Crippen molar-refractivity contribution in [2.45, 2.75) is 31.9 Å². The lowest BCUT2D eigenvalue weighted by Gasteiger charge is -2.36. The summed E-state index contributed by atoms with van der Waals surface area (Å²) in [5.74, 6) is 0. The summed E-state index contributed by atoms with van der Waals surface area (Å²) in [4.78, 5) is 16.8. The van der Waals surface area contributed by atoms with Crippen molar-refractivity contribution in [1.29, 1.82) is 5.26 Å². The number of amides is 1. The highest BCUT2D eigenvalue weighted by Gasteiger charge is 2.42. The third kappa shape index (κ3) is 2.37. The number of nitrogens with one attached hydrogen (secondary N) is 2. The number of likely N-dealkylation sites (tertiary alicyclic amines) is 1. The zero-order valence-electron chi connectivity index (χ0n) is 11.5. The fourth-order valence-corrected chi connectivity index (χ4v) is 2.97. The number of piperidine rings is 1. The van der Waals surface area contributed by atoms with Crippen LogP contribution in [0.3, 0.4) is 0 Å². The molecule has 2 aliphatic rings. The molecule has 3 heterocycles. The van der Waals surface area contributed by atoms with Gasteiger partial charge in [0.2, 0.25) is 0 Å². The molecular formula is C14H18N4O2. The van der Waals surface area contributed by atoms with E-state index in [0.29, 0.717) is 12.1 Å². The fourth-order valence-electron chi connectivity index (χ4n) is 2.97. The molecule has 0 bridgehead atoms. The lowest BCUT2D eigenvalue weighted by atomic mass is 9.91. The summed E-state index contributed by atoms with van der Waals surface area (Å²) in [6.45, 7) is 5.14. The average molecular weight is 274 g/mol. The number of hydrogen-bond donors (Lipinski definition) is 2. The van der Waals surface area contributed by atoms with E-state index in [4.69, 9.17) is 10.00 Å². The van der Waals surface area contributed by atoms with Gasteiger partial charge in [0.05, 0.1) is 12.1 Å².